The van der Waals surface area contributed by atoms with Gasteiger partial charge in [0.05, 0.1) is 27.4 Å². The third-order valence-electron chi connectivity index (χ3n) is 6.43. The van der Waals surface area contributed by atoms with Crippen molar-refractivity contribution in [3.8, 4) is 0 Å². The number of benzene rings is 2. The van der Waals surface area contributed by atoms with Crippen LogP contribution in [-0.4, -0.2) is 73.7 Å². The van der Waals surface area contributed by atoms with E-state index in [4.69, 9.17) is 23.2 Å². The van der Waals surface area contributed by atoms with E-state index in [1.165, 1.54) is 4.31 Å². The number of halogens is 2. The molecule has 0 radical (unpaired) electrons. The summed E-state index contributed by atoms with van der Waals surface area (Å²) < 4.78 is 28.1. The molecular weight excluding hydrogens is 481 g/mol. The Morgan fingerprint density at radius 1 is 0.970 bits per heavy atom. The van der Waals surface area contributed by atoms with Gasteiger partial charge < -0.3 is 9.80 Å². The SMILES string of the molecule is Cc1ccc(S(=O)(=O)N2CCN(C(=O)Cc3ccc(Cl)c(Cl)c3)C(CN3CCCC3)C2)cc1. The Kier molecular flexibility index (Phi) is 7.66. The Morgan fingerprint density at radius 2 is 1.67 bits per heavy atom. The van der Waals surface area contributed by atoms with Crippen LogP contribution in [0.5, 0.6) is 0 Å². The first-order valence-corrected chi connectivity index (χ1v) is 13.5. The van der Waals surface area contributed by atoms with Crippen LogP contribution in [0.1, 0.15) is 24.0 Å². The van der Waals surface area contributed by atoms with Crippen molar-refractivity contribution in [3.63, 3.8) is 0 Å². The highest BCUT2D eigenvalue weighted by molar-refractivity contribution is 7.89. The maximum atomic E-state index is 13.3. The van der Waals surface area contributed by atoms with Gasteiger partial charge in [0.25, 0.3) is 0 Å². The van der Waals surface area contributed by atoms with Gasteiger partial charge in [-0.3, -0.25) is 4.79 Å². The minimum Gasteiger partial charge on any atom is -0.335 e. The van der Waals surface area contributed by atoms with E-state index in [-0.39, 0.29) is 24.9 Å². The average Bonchev–Trinajstić information content (AvgIpc) is 3.29. The zero-order valence-electron chi connectivity index (χ0n) is 18.7. The summed E-state index contributed by atoms with van der Waals surface area (Å²) in [7, 11) is -3.62. The number of carbonyl (C=O) groups is 1. The summed E-state index contributed by atoms with van der Waals surface area (Å²) in [5.74, 6) is -0.0232. The highest BCUT2D eigenvalue weighted by Gasteiger charge is 2.37. The van der Waals surface area contributed by atoms with Gasteiger partial charge in [-0.15, -0.1) is 0 Å². The smallest absolute Gasteiger partial charge is 0.243 e. The lowest BCUT2D eigenvalue weighted by Gasteiger charge is -2.42. The molecule has 2 aliphatic rings. The number of hydrogen-bond donors (Lipinski definition) is 0. The van der Waals surface area contributed by atoms with Crippen molar-refractivity contribution in [2.75, 3.05) is 39.3 Å². The standard InChI is InChI=1S/C24H29Cl2N3O3S/c1-18-4-7-21(8-5-18)33(31,32)28-12-13-29(20(17-28)16-27-10-2-3-11-27)24(30)15-19-6-9-22(25)23(26)14-19/h4-9,14,20H,2-3,10-13,15-17H2,1H3. The predicted octanol–water partition coefficient (Wildman–Crippen LogP) is 3.84. The monoisotopic (exact) mass is 509 g/mol. The van der Waals surface area contributed by atoms with Gasteiger partial charge in [0.15, 0.2) is 0 Å². The first-order chi connectivity index (χ1) is 15.7. The molecule has 178 valence electrons. The molecule has 0 N–H and O–H groups in total. The average molecular weight is 510 g/mol. The highest BCUT2D eigenvalue weighted by atomic mass is 35.5. The van der Waals surface area contributed by atoms with Gasteiger partial charge in [0, 0.05) is 26.2 Å². The second kappa shape index (κ2) is 10.3. The third kappa shape index (κ3) is 5.72. The number of amides is 1. The fourth-order valence-corrected chi connectivity index (χ4v) is 6.37. The molecule has 1 amide bonds. The predicted molar refractivity (Wildman–Crippen MR) is 131 cm³/mol. The molecule has 2 heterocycles. The van der Waals surface area contributed by atoms with E-state index in [9.17, 15) is 13.2 Å². The zero-order valence-corrected chi connectivity index (χ0v) is 21.0. The number of carbonyl (C=O) groups excluding carboxylic acids is 1. The van der Waals surface area contributed by atoms with E-state index < -0.39 is 10.0 Å². The lowest BCUT2D eigenvalue weighted by Crippen LogP contribution is -2.59. The molecule has 0 saturated carbocycles. The molecule has 2 aromatic rings. The van der Waals surface area contributed by atoms with Crippen LogP contribution in [0.25, 0.3) is 0 Å². The first kappa shape index (κ1) is 24.5. The van der Waals surface area contributed by atoms with Crippen molar-refractivity contribution in [1.82, 2.24) is 14.1 Å². The van der Waals surface area contributed by atoms with E-state index in [2.05, 4.69) is 4.90 Å². The van der Waals surface area contributed by atoms with E-state index in [1.54, 1.807) is 30.3 Å². The Morgan fingerprint density at radius 3 is 2.33 bits per heavy atom. The second-order valence-corrected chi connectivity index (χ2v) is 11.6. The Balaban J connectivity index is 1.53. The van der Waals surface area contributed by atoms with E-state index >= 15 is 0 Å². The lowest BCUT2D eigenvalue weighted by molar-refractivity contribution is -0.135. The molecule has 0 spiro atoms. The quantitative estimate of drug-likeness (QED) is 0.593. The Labute approximate surface area is 206 Å². The van der Waals surface area contributed by atoms with E-state index in [0.29, 0.717) is 34.6 Å². The minimum atomic E-state index is -3.62. The molecule has 2 aliphatic heterocycles. The molecule has 0 bridgehead atoms. The van der Waals surface area contributed by atoms with Gasteiger partial charge in [-0.05, 0) is 62.7 Å². The van der Waals surface area contributed by atoms with Crippen molar-refractivity contribution >= 4 is 39.1 Å². The van der Waals surface area contributed by atoms with Crippen LogP contribution in [0.15, 0.2) is 47.4 Å². The number of sulfonamides is 1. The van der Waals surface area contributed by atoms with Crippen LogP contribution in [0, 0.1) is 6.92 Å². The topological polar surface area (TPSA) is 60.9 Å². The molecule has 2 aromatic carbocycles. The number of piperazine rings is 1. The van der Waals surface area contributed by atoms with E-state index in [1.807, 2.05) is 24.0 Å². The number of likely N-dealkylation sites (tertiary alicyclic amines) is 1. The molecule has 2 fully saturated rings. The Bertz CT molecular complexity index is 1100. The van der Waals surface area contributed by atoms with Gasteiger partial charge in [0.2, 0.25) is 15.9 Å². The molecular formula is C24H29Cl2N3O3S. The number of hydrogen-bond acceptors (Lipinski definition) is 4. The number of aryl methyl sites for hydroxylation is 1. The summed E-state index contributed by atoms with van der Waals surface area (Å²) in [6, 6.07) is 11.9. The molecule has 1 unspecified atom stereocenters. The molecule has 9 heteroatoms. The van der Waals surface area contributed by atoms with Gasteiger partial charge in [-0.2, -0.15) is 4.31 Å². The molecule has 6 nitrogen and oxygen atoms in total. The Hall–Kier alpha value is -1.64. The minimum absolute atomic E-state index is 0.0232. The van der Waals surface area contributed by atoms with Gasteiger partial charge in [-0.1, -0.05) is 47.0 Å². The van der Waals surface area contributed by atoms with Gasteiger partial charge in [0.1, 0.15) is 0 Å². The van der Waals surface area contributed by atoms with Crippen molar-refractivity contribution in [1.29, 1.82) is 0 Å². The summed E-state index contributed by atoms with van der Waals surface area (Å²) in [5, 5.41) is 0.874. The third-order valence-corrected chi connectivity index (χ3v) is 9.05. The summed E-state index contributed by atoms with van der Waals surface area (Å²) in [6.07, 6.45) is 2.47. The number of nitrogens with zero attached hydrogens (tertiary/aromatic N) is 3. The first-order valence-electron chi connectivity index (χ1n) is 11.3. The largest absolute Gasteiger partial charge is 0.335 e. The molecule has 1 atom stereocenters. The van der Waals surface area contributed by atoms with Crippen LogP contribution in [0.3, 0.4) is 0 Å². The van der Waals surface area contributed by atoms with Crippen LogP contribution in [0.4, 0.5) is 0 Å². The molecule has 2 saturated heterocycles. The molecule has 4 rings (SSSR count). The normalized spacial score (nSPS) is 20.3. The maximum absolute atomic E-state index is 13.3. The maximum Gasteiger partial charge on any atom is 0.243 e. The zero-order chi connectivity index (χ0) is 23.6. The van der Waals surface area contributed by atoms with Crippen LogP contribution in [-0.2, 0) is 21.2 Å². The van der Waals surface area contributed by atoms with Crippen LogP contribution >= 0.6 is 23.2 Å². The second-order valence-electron chi connectivity index (χ2n) is 8.85. The van der Waals surface area contributed by atoms with Crippen molar-refractivity contribution in [3.05, 3.63) is 63.6 Å². The van der Waals surface area contributed by atoms with Gasteiger partial charge >= 0.3 is 0 Å². The molecule has 0 aromatic heterocycles. The van der Waals surface area contributed by atoms with Gasteiger partial charge in [-0.25, -0.2) is 8.42 Å². The van der Waals surface area contributed by atoms with E-state index in [0.717, 1.165) is 37.1 Å². The van der Waals surface area contributed by atoms with Crippen LogP contribution in [0.2, 0.25) is 10.0 Å². The fraction of sp³-hybridized carbons (Fsp3) is 0.458. The fourth-order valence-electron chi connectivity index (χ4n) is 4.58. The summed E-state index contributed by atoms with van der Waals surface area (Å²) in [4.78, 5) is 17.7. The summed E-state index contributed by atoms with van der Waals surface area (Å²) in [6.45, 7) is 5.50. The van der Waals surface area contributed by atoms with Crippen molar-refractivity contribution in [2.24, 2.45) is 0 Å². The van der Waals surface area contributed by atoms with Crippen molar-refractivity contribution in [2.45, 2.75) is 37.1 Å². The molecule has 0 aliphatic carbocycles. The summed E-state index contributed by atoms with van der Waals surface area (Å²) >= 11 is 12.1. The van der Waals surface area contributed by atoms with Crippen LogP contribution < -0.4 is 0 Å². The number of rotatable bonds is 6. The molecule has 33 heavy (non-hydrogen) atoms. The van der Waals surface area contributed by atoms with Crippen molar-refractivity contribution < 1.29 is 13.2 Å². The lowest BCUT2D eigenvalue weighted by atomic mass is 10.1. The summed E-state index contributed by atoms with van der Waals surface area (Å²) in [5.41, 5.74) is 1.81. The highest BCUT2D eigenvalue weighted by Crippen LogP contribution is 2.25.